The van der Waals surface area contributed by atoms with Crippen molar-refractivity contribution in [2.45, 2.75) is 19.8 Å². The van der Waals surface area contributed by atoms with Crippen LogP contribution in [-0.2, 0) is 18.3 Å². The molecular weight excluding hydrogens is 205 g/mol. The minimum atomic E-state index is -0.222. The van der Waals surface area contributed by atoms with E-state index in [0.717, 1.165) is 22.9 Å². The van der Waals surface area contributed by atoms with Gasteiger partial charge in [0.15, 0.2) is 0 Å². The molecule has 2 rings (SSSR count). The number of benzene rings is 1. The third-order valence-corrected chi connectivity index (χ3v) is 2.98. The van der Waals surface area contributed by atoms with E-state index in [0.29, 0.717) is 18.4 Å². The number of rotatable bonds is 3. The van der Waals surface area contributed by atoms with Crippen molar-refractivity contribution in [3.05, 3.63) is 35.3 Å². The van der Waals surface area contributed by atoms with Crippen LogP contribution in [0.3, 0.4) is 0 Å². The van der Waals surface area contributed by atoms with Crippen molar-refractivity contribution in [1.29, 1.82) is 0 Å². The van der Waals surface area contributed by atoms with Gasteiger partial charge in [0, 0.05) is 30.1 Å². The monoisotopic (exact) mass is 219 g/mol. The Morgan fingerprint density at radius 2 is 2.12 bits per heavy atom. The number of carbonyl (C=O) groups is 1. The molecule has 2 aromatic rings. The molecule has 0 N–H and O–H groups in total. The molecule has 0 radical (unpaired) electrons. The van der Waals surface area contributed by atoms with Crippen LogP contribution in [0.4, 0.5) is 4.39 Å². The first-order chi connectivity index (χ1) is 7.63. The lowest BCUT2D eigenvalue weighted by atomic mass is 10.1. The molecule has 0 amide bonds. The van der Waals surface area contributed by atoms with E-state index in [1.54, 1.807) is 6.07 Å². The quantitative estimate of drug-likeness (QED) is 0.727. The predicted molar refractivity (Wildman–Crippen MR) is 62.0 cm³/mol. The number of hydrogen-bond donors (Lipinski definition) is 0. The first-order valence-corrected chi connectivity index (χ1v) is 5.31. The second kappa shape index (κ2) is 4.08. The summed E-state index contributed by atoms with van der Waals surface area (Å²) in [6.07, 6.45) is 1.65. The summed E-state index contributed by atoms with van der Waals surface area (Å²) in [5.41, 5.74) is 2.72. The summed E-state index contributed by atoms with van der Waals surface area (Å²) in [6.45, 7) is 1.99. The van der Waals surface area contributed by atoms with Crippen LogP contribution in [-0.4, -0.2) is 10.9 Å². The number of aryl methyl sites for hydroxylation is 3. The molecule has 0 atom stereocenters. The fraction of sp³-hybridized carbons (Fsp3) is 0.308. The Hall–Kier alpha value is -1.64. The Morgan fingerprint density at radius 3 is 2.81 bits per heavy atom. The minimum Gasteiger partial charge on any atom is -0.348 e. The number of aromatic nitrogens is 1. The maximum Gasteiger partial charge on any atom is 0.127 e. The molecule has 0 spiro atoms. The third-order valence-electron chi connectivity index (χ3n) is 2.98. The molecule has 0 saturated carbocycles. The van der Waals surface area contributed by atoms with Crippen LogP contribution >= 0.6 is 0 Å². The molecule has 0 aliphatic heterocycles. The summed E-state index contributed by atoms with van der Waals surface area (Å²) in [7, 11) is 1.96. The van der Waals surface area contributed by atoms with Crippen molar-refractivity contribution < 1.29 is 9.18 Å². The van der Waals surface area contributed by atoms with Gasteiger partial charge < -0.3 is 9.36 Å². The predicted octanol–water partition coefficient (Wildman–Crippen LogP) is 2.76. The van der Waals surface area contributed by atoms with Crippen LogP contribution in [0.15, 0.2) is 18.2 Å². The van der Waals surface area contributed by atoms with Crippen molar-refractivity contribution in [2.24, 2.45) is 7.05 Å². The lowest BCUT2D eigenvalue weighted by molar-refractivity contribution is -0.107. The van der Waals surface area contributed by atoms with Gasteiger partial charge in [-0.1, -0.05) is 0 Å². The normalized spacial score (nSPS) is 10.9. The highest BCUT2D eigenvalue weighted by molar-refractivity contribution is 5.82. The number of hydrogen-bond acceptors (Lipinski definition) is 1. The van der Waals surface area contributed by atoms with Crippen molar-refractivity contribution in [3.8, 4) is 0 Å². The van der Waals surface area contributed by atoms with E-state index in [1.165, 1.54) is 0 Å². The molecule has 1 heterocycles. The summed E-state index contributed by atoms with van der Waals surface area (Å²) < 4.78 is 15.7. The van der Waals surface area contributed by atoms with Gasteiger partial charge in [0.25, 0.3) is 0 Å². The maximum absolute atomic E-state index is 13.7. The highest BCUT2D eigenvalue weighted by Crippen LogP contribution is 2.22. The molecule has 1 aromatic carbocycles. The number of aldehydes is 1. The van der Waals surface area contributed by atoms with E-state index in [2.05, 4.69) is 0 Å². The van der Waals surface area contributed by atoms with E-state index < -0.39 is 0 Å². The first kappa shape index (κ1) is 10.9. The zero-order chi connectivity index (χ0) is 11.7. The van der Waals surface area contributed by atoms with Crippen LogP contribution in [0.1, 0.15) is 17.7 Å². The largest absolute Gasteiger partial charge is 0.348 e. The lowest BCUT2D eigenvalue weighted by Gasteiger charge is -2.03. The molecule has 16 heavy (non-hydrogen) atoms. The highest BCUT2D eigenvalue weighted by atomic mass is 19.1. The van der Waals surface area contributed by atoms with Crippen LogP contribution in [0, 0.1) is 12.7 Å². The van der Waals surface area contributed by atoms with E-state index in [4.69, 9.17) is 0 Å². The molecule has 1 aromatic heterocycles. The van der Waals surface area contributed by atoms with Gasteiger partial charge in [-0.3, -0.25) is 0 Å². The molecule has 0 unspecified atom stereocenters. The van der Waals surface area contributed by atoms with Gasteiger partial charge in [0.05, 0.1) is 0 Å². The van der Waals surface area contributed by atoms with Crippen LogP contribution in [0.25, 0.3) is 10.9 Å². The molecule has 3 heteroatoms. The Bertz CT molecular complexity index is 542. The zero-order valence-electron chi connectivity index (χ0n) is 9.46. The van der Waals surface area contributed by atoms with Crippen molar-refractivity contribution >= 4 is 17.2 Å². The van der Waals surface area contributed by atoms with Crippen molar-refractivity contribution in [1.82, 2.24) is 4.57 Å². The fourth-order valence-electron chi connectivity index (χ4n) is 1.94. The summed E-state index contributed by atoms with van der Waals surface area (Å²) in [6, 6.07) is 5.34. The fourth-order valence-corrected chi connectivity index (χ4v) is 1.94. The second-order valence-electron chi connectivity index (χ2n) is 4.05. The zero-order valence-corrected chi connectivity index (χ0v) is 9.46. The van der Waals surface area contributed by atoms with Crippen LogP contribution < -0.4 is 0 Å². The summed E-state index contributed by atoms with van der Waals surface area (Å²) in [5.74, 6) is -0.222. The van der Waals surface area contributed by atoms with Crippen molar-refractivity contribution in [3.63, 3.8) is 0 Å². The molecule has 0 bridgehead atoms. The number of nitrogens with zero attached hydrogens (tertiary/aromatic N) is 1. The van der Waals surface area contributed by atoms with E-state index >= 15 is 0 Å². The number of carbonyl (C=O) groups excluding carboxylic acids is 1. The summed E-state index contributed by atoms with van der Waals surface area (Å²) in [5, 5.41) is 0.910. The topological polar surface area (TPSA) is 22.0 Å². The van der Waals surface area contributed by atoms with Gasteiger partial charge in [-0.25, -0.2) is 4.39 Å². The van der Waals surface area contributed by atoms with Gasteiger partial charge in [0.2, 0.25) is 0 Å². The SMILES string of the molecule is Cc1cc2cc(F)c(CCC=O)cc2n1C. The van der Waals surface area contributed by atoms with E-state index in [1.807, 2.05) is 30.7 Å². The molecular formula is C13H14FNO. The Kier molecular flexibility index (Phi) is 2.77. The minimum absolute atomic E-state index is 0.222. The smallest absolute Gasteiger partial charge is 0.127 e. The van der Waals surface area contributed by atoms with Crippen LogP contribution in [0.2, 0.25) is 0 Å². The summed E-state index contributed by atoms with van der Waals surface area (Å²) in [4.78, 5) is 10.3. The molecule has 0 fully saturated rings. The highest BCUT2D eigenvalue weighted by Gasteiger charge is 2.08. The van der Waals surface area contributed by atoms with Gasteiger partial charge in [-0.15, -0.1) is 0 Å². The van der Waals surface area contributed by atoms with Gasteiger partial charge in [-0.2, -0.15) is 0 Å². The first-order valence-electron chi connectivity index (χ1n) is 5.31. The second-order valence-corrected chi connectivity index (χ2v) is 4.05. The molecule has 2 nitrogen and oxygen atoms in total. The van der Waals surface area contributed by atoms with Gasteiger partial charge in [0.1, 0.15) is 12.1 Å². The molecule has 0 saturated heterocycles. The Labute approximate surface area is 93.7 Å². The summed E-state index contributed by atoms with van der Waals surface area (Å²) >= 11 is 0. The molecule has 0 aliphatic carbocycles. The van der Waals surface area contributed by atoms with E-state index in [9.17, 15) is 9.18 Å². The lowest BCUT2D eigenvalue weighted by Crippen LogP contribution is -1.94. The molecule has 0 aliphatic rings. The Balaban J connectivity index is 2.55. The maximum atomic E-state index is 13.7. The van der Waals surface area contributed by atoms with Gasteiger partial charge in [-0.05, 0) is 37.1 Å². The van der Waals surface area contributed by atoms with Crippen LogP contribution in [0.5, 0.6) is 0 Å². The average Bonchev–Trinajstić information content (AvgIpc) is 2.52. The third kappa shape index (κ3) is 1.73. The van der Waals surface area contributed by atoms with Crippen molar-refractivity contribution in [2.75, 3.05) is 0 Å². The number of fused-ring (bicyclic) bond motifs is 1. The standard InChI is InChI=1S/C13H14FNO/c1-9-6-11-7-12(14)10(4-3-5-16)8-13(11)15(9)2/h5-8H,3-4H2,1-2H3. The molecule has 84 valence electrons. The van der Waals surface area contributed by atoms with Gasteiger partial charge >= 0.3 is 0 Å². The number of halogens is 1. The van der Waals surface area contributed by atoms with E-state index in [-0.39, 0.29) is 5.82 Å². The Morgan fingerprint density at radius 1 is 1.38 bits per heavy atom. The average molecular weight is 219 g/mol.